The maximum absolute atomic E-state index is 13.2. The fourth-order valence-electron chi connectivity index (χ4n) is 6.53. The molecule has 1 saturated carbocycles. The van der Waals surface area contributed by atoms with Crippen LogP contribution in [0.1, 0.15) is 73.4 Å². The zero-order valence-corrected chi connectivity index (χ0v) is 24.7. The lowest BCUT2D eigenvalue weighted by molar-refractivity contribution is -0.115. The second-order valence-electron chi connectivity index (χ2n) is 11.8. The van der Waals surface area contributed by atoms with Crippen LogP contribution in [0.25, 0.3) is 0 Å². The summed E-state index contributed by atoms with van der Waals surface area (Å²) in [5.74, 6) is 0.480. The van der Waals surface area contributed by atoms with Crippen LogP contribution in [-0.4, -0.2) is 39.5 Å². The Labute approximate surface area is 242 Å². The number of ether oxygens (including phenoxy) is 1. The van der Waals surface area contributed by atoms with Gasteiger partial charge in [-0.05, 0) is 104 Å². The molecule has 2 heterocycles. The Hall–Kier alpha value is -2.58. The van der Waals surface area contributed by atoms with E-state index in [0.717, 1.165) is 75.6 Å². The molecule has 1 fully saturated rings. The molecule has 2 aromatic carbocycles. The summed E-state index contributed by atoms with van der Waals surface area (Å²) in [5, 5.41) is 0.709. The molecule has 0 saturated heterocycles. The minimum Gasteiger partial charge on any atom is -0.487 e. The molecule has 1 N–H and O–H groups in total. The van der Waals surface area contributed by atoms with Gasteiger partial charge in [0.25, 0.3) is 5.91 Å². The lowest BCUT2D eigenvalue weighted by Gasteiger charge is -2.43. The Morgan fingerprint density at radius 1 is 1.02 bits per heavy atom. The summed E-state index contributed by atoms with van der Waals surface area (Å²) in [6, 6.07) is 11.1. The van der Waals surface area contributed by atoms with E-state index in [1.807, 2.05) is 25.1 Å². The van der Waals surface area contributed by atoms with Gasteiger partial charge in [-0.15, -0.1) is 0 Å². The first kappa shape index (κ1) is 28.9. The van der Waals surface area contributed by atoms with Crippen molar-refractivity contribution in [3.05, 3.63) is 58.1 Å². The second-order valence-corrected chi connectivity index (χ2v) is 14.0. The number of amides is 1. The molecule has 0 aromatic heterocycles. The van der Waals surface area contributed by atoms with Crippen LogP contribution in [0, 0.1) is 23.7 Å². The van der Waals surface area contributed by atoms with Crippen molar-refractivity contribution >= 4 is 39.5 Å². The summed E-state index contributed by atoms with van der Waals surface area (Å²) in [6.07, 6.45) is 8.29. The first-order valence-electron chi connectivity index (χ1n) is 14.5. The number of aryl methyl sites for hydroxylation is 1. The van der Waals surface area contributed by atoms with Gasteiger partial charge >= 0.3 is 0 Å². The van der Waals surface area contributed by atoms with Gasteiger partial charge in [0.15, 0.2) is 0 Å². The van der Waals surface area contributed by atoms with Crippen LogP contribution in [0.4, 0.5) is 5.69 Å². The van der Waals surface area contributed by atoms with Crippen LogP contribution in [0.3, 0.4) is 0 Å². The number of halogens is 1. The van der Waals surface area contributed by atoms with Crippen LogP contribution in [0.2, 0.25) is 5.02 Å². The van der Waals surface area contributed by atoms with E-state index < -0.39 is 15.9 Å². The average molecular weight is 587 g/mol. The third kappa shape index (κ3) is 6.82. The number of fused-ring (bicyclic) bond motifs is 3. The highest BCUT2D eigenvalue weighted by molar-refractivity contribution is 7.90. The van der Waals surface area contributed by atoms with Gasteiger partial charge in [0.1, 0.15) is 18.6 Å². The first-order chi connectivity index (χ1) is 19.2. The van der Waals surface area contributed by atoms with Crippen LogP contribution >= 0.6 is 11.6 Å². The topological polar surface area (TPSA) is 92.8 Å². The van der Waals surface area contributed by atoms with Crippen molar-refractivity contribution in [2.75, 3.05) is 23.7 Å². The minimum absolute atomic E-state index is 0.0135. The summed E-state index contributed by atoms with van der Waals surface area (Å²) >= 11 is 6.29. The monoisotopic (exact) mass is 586 g/mol. The van der Waals surface area contributed by atoms with Crippen LogP contribution < -0.4 is 14.4 Å². The molecule has 5 rings (SSSR count). The van der Waals surface area contributed by atoms with Crippen molar-refractivity contribution in [3.8, 4) is 5.75 Å². The third-order valence-electron chi connectivity index (χ3n) is 8.88. The molecule has 0 spiro atoms. The number of hydrogen-bond donors (Lipinski definition) is 1. The molecule has 1 aliphatic carbocycles. The number of rotatable bonds is 1. The van der Waals surface area contributed by atoms with E-state index in [-0.39, 0.29) is 23.2 Å². The Morgan fingerprint density at radius 2 is 1.88 bits per heavy atom. The van der Waals surface area contributed by atoms with Gasteiger partial charge in [-0.3, -0.25) is 4.79 Å². The number of benzene rings is 2. The minimum atomic E-state index is -3.81. The molecule has 0 radical (unpaired) electrons. The van der Waals surface area contributed by atoms with Crippen molar-refractivity contribution in [2.45, 2.75) is 64.9 Å². The molecule has 3 aliphatic rings. The second kappa shape index (κ2) is 12.5. The molecule has 40 heavy (non-hydrogen) atoms. The van der Waals surface area contributed by atoms with Crippen LogP contribution in [0.15, 0.2) is 36.4 Å². The van der Waals surface area contributed by atoms with E-state index in [2.05, 4.69) is 9.62 Å². The number of carbonyl (C=O) groups excluding carboxylic acids is 2. The Kier molecular flexibility index (Phi) is 9.05. The predicted octanol–water partition coefficient (Wildman–Crippen LogP) is 5.78. The molecule has 2 aromatic rings. The summed E-state index contributed by atoms with van der Waals surface area (Å²) < 4.78 is 34.3. The molecule has 2 aliphatic heterocycles. The number of carbonyl (C=O) groups is 2. The molecule has 4 atom stereocenters. The van der Waals surface area contributed by atoms with Gasteiger partial charge in [0, 0.05) is 29.6 Å². The number of aldehydes is 1. The average Bonchev–Trinajstić information content (AvgIpc) is 2.92. The van der Waals surface area contributed by atoms with E-state index in [1.165, 1.54) is 5.56 Å². The fourth-order valence-corrected chi connectivity index (χ4v) is 8.13. The predicted molar refractivity (Wildman–Crippen MR) is 157 cm³/mol. The number of hydrogen-bond acceptors (Lipinski definition) is 6. The smallest absolute Gasteiger partial charge is 0.264 e. The summed E-state index contributed by atoms with van der Waals surface area (Å²) in [7, 11) is -3.81. The maximum Gasteiger partial charge on any atom is 0.264 e. The fraction of sp³-hybridized carbons (Fsp3) is 0.548. The van der Waals surface area contributed by atoms with E-state index >= 15 is 0 Å². The largest absolute Gasteiger partial charge is 0.487 e. The highest BCUT2D eigenvalue weighted by Crippen LogP contribution is 2.43. The molecular formula is C31H39ClN2O5S. The molecular weight excluding hydrogens is 548 g/mol. The molecule has 216 valence electrons. The molecule has 1 amide bonds. The zero-order chi connectivity index (χ0) is 28.3. The SMILES string of the molecule is C[C@H]1CCCC(C=O)[C@@H]2CC[C@H]2CN2CCCCc3cc(Cl)ccc3COc3ccc(cc32)C(=O)NS(=O)(=O)C1. The Balaban J connectivity index is 1.52. The van der Waals surface area contributed by atoms with Crippen molar-refractivity contribution in [1.29, 1.82) is 0 Å². The molecule has 1 unspecified atom stereocenters. The highest BCUT2D eigenvalue weighted by atomic mass is 35.5. The van der Waals surface area contributed by atoms with Gasteiger partial charge in [-0.1, -0.05) is 31.0 Å². The number of nitrogens with one attached hydrogen (secondary N) is 1. The summed E-state index contributed by atoms with van der Waals surface area (Å²) in [5.41, 5.74) is 3.33. The van der Waals surface area contributed by atoms with Crippen LogP contribution in [0.5, 0.6) is 5.75 Å². The van der Waals surface area contributed by atoms with Gasteiger partial charge in [0.2, 0.25) is 10.0 Å². The lowest BCUT2D eigenvalue weighted by Crippen LogP contribution is -2.42. The normalized spacial score (nSPS) is 27.4. The van der Waals surface area contributed by atoms with Crippen molar-refractivity contribution in [3.63, 3.8) is 0 Å². The lowest BCUT2D eigenvalue weighted by atomic mass is 9.66. The Bertz CT molecular complexity index is 1350. The zero-order valence-electron chi connectivity index (χ0n) is 23.1. The van der Waals surface area contributed by atoms with Gasteiger partial charge in [-0.25, -0.2) is 13.1 Å². The summed E-state index contributed by atoms with van der Waals surface area (Å²) in [6.45, 7) is 3.78. The number of sulfonamides is 1. The molecule has 9 heteroatoms. The summed E-state index contributed by atoms with van der Waals surface area (Å²) in [4.78, 5) is 27.6. The maximum atomic E-state index is 13.2. The van der Waals surface area contributed by atoms with Gasteiger partial charge in [0.05, 0.1) is 11.4 Å². The van der Waals surface area contributed by atoms with Crippen molar-refractivity contribution in [2.24, 2.45) is 23.7 Å². The van der Waals surface area contributed by atoms with E-state index in [1.54, 1.807) is 18.2 Å². The standard InChI is InChI=1S/C31H39ClN2O5S/c1-21-5-4-7-25(18-35)28-12-9-24(28)17-34-14-3-2-6-22-15-27(32)11-8-26(22)19-39-30-13-10-23(16-29(30)34)31(36)33-40(37,38)20-21/h8,10-11,13,15-16,18,21,24-25,28H,2-7,9,12,14,17,19-20H2,1H3,(H,33,36)/t21-,24-,25?,28+/m0/s1. The molecule has 2 bridgehead atoms. The quantitative estimate of drug-likeness (QED) is 0.426. The van der Waals surface area contributed by atoms with E-state index in [4.69, 9.17) is 16.3 Å². The van der Waals surface area contributed by atoms with Gasteiger partial charge in [-0.2, -0.15) is 0 Å². The van der Waals surface area contributed by atoms with E-state index in [9.17, 15) is 18.0 Å². The van der Waals surface area contributed by atoms with Crippen molar-refractivity contribution < 1.29 is 22.7 Å². The number of anilines is 1. The third-order valence-corrected chi connectivity index (χ3v) is 10.6. The van der Waals surface area contributed by atoms with E-state index in [0.29, 0.717) is 35.6 Å². The molecule has 7 nitrogen and oxygen atoms in total. The van der Waals surface area contributed by atoms with Crippen molar-refractivity contribution in [1.82, 2.24) is 4.72 Å². The van der Waals surface area contributed by atoms with Crippen LogP contribution in [-0.2, 0) is 27.8 Å². The highest BCUT2D eigenvalue weighted by Gasteiger charge is 2.38. The first-order valence-corrected chi connectivity index (χ1v) is 16.5. The van der Waals surface area contributed by atoms with Gasteiger partial charge < -0.3 is 14.4 Å². The Morgan fingerprint density at radius 3 is 2.65 bits per heavy atom. The number of nitrogens with zero attached hydrogens (tertiary/aromatic N) is 1.